The fraction of sp³-hybridized carbons (Fsp3) is 0.972. The highest BCUT2D eigenvalue weighted by molar-refractivity contribution is 5.78. The largest absolute Gasteiger partial charge is 0.465 e. The predicted molar refractivity (Wildman–Crippen MR) is 170 cm³/mol. The van der Waals surface area contributed by atoms with E-state index in [1.54, 1.807) is 0 Å². The average Bonchev–Trinajstić information content (AvgIpc) is 2.94. The van der Waals surface area contributed by atoms with Crippen molar-refractivity contribution in [1.82, 2.24) is 0 Å². The van der Waals surface area contributed by atoms with Gasteiger partial charge in [-0.2, -0.15) is 0 Å². The molecule has 0 saturated carbocycles. The molecule has 0 aromatic carbocycles. The van der Waals surface area contributed by atoms with Gasteiger partial charge in [-0.1, -0.05) is 170 Å². The molecule has 0 aromatic rings. The van der Waals surface area contributed by atoms with Gasteiger partial charge in [-0.25, -0.2) is 0 Å². The standard InChI is InChI=1S/C36H72O2/c1-7-13-14-15-16-17-18-19-20-21-22-23-24-25-26-27-28-29-30-31-33-38-34(37)36(11-5,12-6)35(9-3,10-4)32-8-2/h7-33H2,1-6H3. The Kier molecular flexibility index (Phi) is 25.1. The Morgan fingerprint density at radius 2 is 0.789 bits per heavy atom. The van der Waals surface area contributed by atoms with E-state index in [9.17, 15) is 4.79 Å². The maximum atomic E-state index is 13.3. The van der Waals surface area contributed by atoms with E-state index >= 15 is 0 Å². The van der Waals surface area contributed by atoms with Gasteiger partial charge in [-0.15, -0.1) is 0 Å². The second-order valence-electron chi connectivity index (χ2n) is 12.4. The monoisotopic (exact) mass is 537 g/mol. The normalized spacial score (nSPS) is 12.3. The topological polar surface area (TPSA) is 26.3 Å². The van der Waals surface area contributed by atoms with Crippen molar-refractivity contribution in [3.8, 4) is 0 Å². The molecular formula is C36H72O2. The molecule has 2 heteroatoms. The Morgan fingerprint density at radius 1 is 0.447 bits per heavy atom. The molecule has 2 nitrogen and oxygen atoms in total. The zero-order valence-electron chi connectivity index (χ0n) is 27.4. The van der Waals surface area contributed by atoms with Crippen LogP contribution in [0, 0.1) is 10.8 Å². The first-order chi connectivity index (χ1) is 18.5. The number of esters is 1. The van der Waals surface area contributed by atoms with Gasteiger partial charge in [0.1, 0.15) is 0 Å². The van der Waals surface area contributed by atoms with Crippen LogP contribution in [0.1, 0.15) is 208 Å². The van der Waals surface area contributed by atoms with Crippen molar-refractivity contribution in [3.05, 3.63) is 0 Å². The molecule has 0 aliphatic rings. The van der Waals surface area contributed by atoms with Gasteiger partial charge in [0.2, 0.25) is 0 Å². The van der Waals surface area contributed by atoms with Crippen molar-refractivity contribution < 1.29 is 9.53 Å². The van der Waals surface area contributed by atoms with Crippen LogP contribution in [-0.4, -0.2) is 12.6 Å². The molecule has 228 valence electrons. The van der Waals surface area contributed by atoms with Crippen molar-refractivity contribution in [3.63, 3.8) is 0 Å². The Hall–Kier alpha value is -0.530. The lowest BCUT2D eigenvalue weighted by molar-refractivity contribution is -0.169. The fourth-order valence-electron chi connectivity index (χ4n) is 7.16. The Bertz CT molecular complexity index is 503. The molecule has 0 aliphatic carbocycles. The summed E-state index contributed by atoms with van der Waals surface area (Å²) in [6.07, 6.45) is 34.0. The summed E-state index contributed by atoms with van der Waals surface area (Å²) in [4.78, 5) is 13.3. The lowest BCUT2D eigenvalue weighted by atomic mass is 9.56. The van der Waals surface area contributed by atoms with Crippen LogP contribution >= 0.6 is 0 Å². The summed E-state index contributed by atoms with van der Waals surface area (Å²) >= 11 is 0. The third-order valence-corrected chi connectivity index (χ3v) is 9.93. The average molecular weight is 537 g/mol. The molecule has 0 unspecified atom stereocenters. The molecule has 0 fully saturated rings. The number of rotatable bonds is 29. The van der Waals surface area contributed by atoms with E-state index in [2.05, 4.69) is 41.5 Å². The smallest absolute Gasteiger partial charge is 0.312 e. The van der Waals surface area contributed by atoms with Crippen LogP contribution in [0.2, 0.25) is 0 Å². The van der Waals surface area contributed by atoms with Gasteiger partial charge in [0.15, 0.2) is 0 Å². The van der Waals surface area contributed by atoms with Crippen LogP contribution in [0.3, 0.4) is 0 Å². The van der Waals surface area contributed by atoms with Crippen molar-refractivity contribution in [2.75, 3.05) is 6.61 Å². The summed E-state index contributed by atoms with van der Waals surface area (Å²) in [6.45, 7) is 14.1. The van der Waals surface area contributed by atoms with Crippen LogP contribution in [-0.2, 0) is 9.53 Å². The zero-order chi connectivity index (χ0) is 28.4. The van der Waals surface area contributed by atoms with E-state index in [1.807, 2.05) is 0 Å². The Balaban J connectivity index is 3.74. The van der Waals surface area contributed by atoms with Crippen molar-refractivity contribution >= 4 is 5.97 Å². The van der Waals surface area contributed by atoms with Crippen molar-refractivity contribution in [2.45, 2.75) is 208 Å². The van der Waals surface area contributed by atoms with E-state index in [1.165, 1.54) is 122 Å². The first kappa shape index (κ1) is 37.5. The number of hydrogen-bond donors (Lipinski definition) is 0. The van der Waals surface area contributed by atoms with Gasteiger partial charge in [-0.3, -0.25) is 4.79 Å². The van der Waals surface area contributed by atoms with Crippen LogP contribution in [0.5, 0.6) is 0 Å². The van der Waals surface area contributed by atoms with E-state index in [-0.39, 0.29) is 16.8 Å². The molecule has 0 bridgehead atoms. The van der Waals surface area contributed by atoms with E-state index in [0.717, 1.165) is 44.9 Å². The lowest BCUT2D eigenvalue weighted by Gasteiger charge is -2.48. The summed E-state index contributed by atoms with van der Waals surface area (Å²) in [5.41, 5.74) is -0.240. The fourth-order valence-corrected chi connectivity index (χ4v) is 7.16. The van der Waals surface area contributed by atoms with E-state index in [0.29, 0.717) is 6.61 Å². The zero-order valence-corrected chi connectivity index (χ0v) is 27.4. The van der Waals surface area contributed by atoms with Crippen molar-refractivity contribution in [2.24, 2.45) is 10.8 Å². The second-order valence-corrected chi connectivity index (χ2v) is 12.4. The summed E-state index contributed by atoms with van der Waals surface area (Å²) < 4.78 is 5.94. The van der Waals surface area contributed by atoms with Gasteiger partial charge < -0.3 is 4.74 Å². The van der Waals surface area contributed by atoms with E-state index in [4.69, 9.17) is 4.74 Å². The minimum atomic E-state index is -0.319. The number of ether oxygens (including phenoxy) is 1. The molecule has 0 spiro atoms. The summed E-state index contributed by atoms with van der Waals surface area (Å²) in [6, 6.07) is 0. The molecule has 0 rings (SSSR count). The molecule has 38 heavy (non-hydrogen) atoms. The Labute approximate surface area is 241 Å². The van der Waals surface area contributed by atoms with Crippen molar-refractivity contribution in [1.29, 1.82) is 0 Å². The van der Waals surface area contributed by atoms with Crippen LogP contribution in [0.15, 0.2) is 0 Å². The third-order valence-electron chi connectivity index (χ3n) is 9.93. The van der Waals surface area contributed by atoms with Gasteiger partial charge >= 0.3 is 5.97 Å². The highest BCUT2D eigenvalue weighted by Crippen LogP contribution is 2.53. The van der Waals surface area contributed by atoms with Crippen LogP contribution in [0.25, 0.3) is 0 Å². The number of hydrogen-bond acceptors (Lipinski definition) is 2. The summed E-state index contributed by atoms with van der Waals surface area (Å²) in [5, 5.41) is 0. The quantitative estimate of drug-likeness (QED) is 0.0701. The Morgan fingerprint density at radius 3 is 1.08 bits per heavy atom. The number of carbonyl (C=O) groups excluding carboxylic acids is 1. The molecular weight excluding hydrogens is 464 g/mol. The second kappa shape index (κ2) is 25.4. The maximum Gasteiger partial charge on any atom is 0.312 e. The molecule has 0 amide bonds. The summed E-state index contributed by atoms with van der Waals surface area (Å²) in [5.74, 6) is 0.0810. The number of unbranched alkanes of at least 4 members (excludes halogenated alkanes) is 19. The predicted octanol–water partition coefficient (Wildman–Crippen LogP) is 12.8. The highest BCUT2D eigenvalue weighted by Gasteiger charge is 2.52. The molecule has 0 radical (unpaired) electrons. The highest BCUT2D eigenvalue weighted by atomic mass is 16.5. The first-order valence-electron chi connectivity index (χ1n) is 17.7. The lowest BCUT2D eigenvalue weighted by Crippen LogP contribution is -2.47. The van der Waals surface area contributed by atoms with Crippen LogP contribution < -0.4 is 0 Å². The van der Waals surface area contributed by atoms with Gasteiger partial charge in [0, 0.05) is 0 Å². The SMILES string of the molecule is CCCCCCCCCCCCCCCCCCCCCCOC(=O)C(CC)(CC)C(CC)(CC)CCC. The number of carbonyl (C=O) groups is 1. The molecule has 0 atom stereocenters. The van der Waals surface area contributed by atoms with Gasteiger partial charge in [-0.05, 0) is 43.9 Å². The molecule has 0 saturated heterocycles. The van der Waals surface area contributed by atoms with Gasteiger partial charge in [0.05, 0.1) is 12.0 Å². The molecule has 0 N–H and O–H groups in total. The molecule has 0 aliphatic heterocycles. The minimum Gasteiger partial charge on any atom is -0.465 e. The van der Waals surface area contributed by atoms with Gasteiger partial charge in [0.25, 0.3) is 0 Å². The summed E-state index contributed by atoms with van der Waals surface area (Å²) in [7, 11) is 0. The maximum absolute atomic E-state index is 13.3. The molecule has 0 aromatic heterocycles. The third kappa shape index (κ3) is 14.7. The van der Waals surface area contributed by atoms with E-state index < -0.39 is 0 Å². The minimum absolute atomic E-state index is 0.0789. The molecule has 0 heterocycles. The van der Waals surface area contributed by atoms with Crippen LogP contribution in [0.4, 0.5) is 0 Å². The first-order valence-corrected chi connectivity index (χ1v) is 17.7.